The van der Waals surface area contributed by atoms with E-state index in [1.165, 1.54) is 6.07 Å². The summed E-state index contributed by atoms with van der Waals surface area (Å²) in [6.45, 7) is 1.38. The zero-order valence-electron chi connectivity index (χ0n) is 11.1. The molecule has 0 spiro atoms. The Morgan fingerprint density at radius 1 is 1.30 bits per heavy atom. The predicted octanol–water partition coefficient (Wildman–Crippen LogP) is 3.42. The lowest BCUT2D eigenvalue weighted by molar-refractivity contribution is -0.116. The number of benzene rings is 1. The Morgan fingerprint density at radius 2 is 2.05 bits per heavy atom. The van der Waals surface area contributed by atoms with E-state index in [2.05, 4.69) is 5.32 Å². The second-order valence-corrected chi connectivity index (χ2v) is 5.90. The summed E-state index contributed by atoms with van der Waals surface area (Å²) in [5.41, 5.74) is 2.10. The molecule has 5 heteroatoms. The van der Waals surface area contributed by atoms with Crippen LogP contribution in [0.25, 0.3) is 0 Å². The highest BCUT2D eigenvalue weighted by molar-refractivity contribution is 6.21. The monoisotopic (exact) mass is 297 g/mol. The number of carbonyl (C=O) groups is 1. The summed E-state index contributed by atoms with van der Waals surface area (Å²) in [5, 5.41) is 2.37. The maximum Gasteiger partial charge on any atom is 0.224 e. The number of hydrogen-bond donors (Lipinski definition) is 1. The standard InChI is InChI=1S/C15H17ClFNO2/c16-15(9-3-5-20-6-4-9)11-7-10-1-2-14(19)18-13(10)8-12(11)17/h7-9,15H,1-6H2,(H,18,19). The molecule has 0 saturated carbocycles. The van der Waals surface area contributed by atoms with E-state index in [0.717, 1.165) is 18.4 Å². The fourth-order valence-corrected chi connectivity index (χ4v) is 3.31. The van der Waals surface area contributed by atoms with Crippen LogP contribution in [-0.4, -0.2) is 19.1 Å². The van der Waals surface area contributed by atoms with Crippen molar-refractivity contribution in [2.24, 2.45) is 5.92 Å². The predicted molar refractivity (Wildman–Crippen MR) is 75.5 cm³/mol. The quantitative estimate of drug-likeness (QED) is 0.850. The van der Waals surface area contributed by atoms with Crippen LogP contribution in [0, 0.1) is 11.7 Å². The summed E-state index contributed by atoms with van der Waals surface area (Å²) in [5.74, 6) is -0.148. The van der Waals surface area contributed by atoms with Gasteiger partial charge >= 0.3 is 0 Å². The fraction of sp³-hybridized carbons (Fsp3) is 0.533. The maximum atomic E-state index is 14.2. The van der Waals surface area contributed by atoms with Crippen molar-refractivity contribution >= 4 is 23.2 Å². The van der Waals surface area contributed by atoms with Crippen molar-refractivity contribution in [2.45, 2.75) is 31.1 Å². The van der Waals surface area contributed by atoms with Crippen molar-refractivity contribution in [2.75, 3.05) is 18.5 Å². The Kier molecular flexibility index (Phi) is 3.94. The average molecular weight is 298 g/mol. The first-order chi connectivity index (χ1) is 9.65. The Hall–Kier alpha value is -1.13. The lowest BCUT2D eigenvalue weighted by Crippen LogP contribution is -2.22. The van der Waals surface area contributed by atoms with E-state index in [-0.39, 0.29) is 23.0 Å². The molecule has 3 nitrogen and oxygen atoms in total. The summed E-state index contributed by atoms with van der Waals surface area (Å²) in [7, 11) is 0. The highest BCUT2D eigenvalue weighted by atomic mass is 35.5. The Balaban J connectivity index is 1.87. The molecule has 0 aliphatic carbocycles. The van der Waals surface area contributed by atoms with Gasteiger partial charge < -0.3 is 10.1 Å². The van der Waals surface area contributed by atoms with E-state index in [4.69, 9.17) is 16.3 Å². The molecule has 1 amide bonds. The first-order valence-corrected chi connectivity index (χ1v) is 7.43. The maximum absolute atomic E-state index is 14.2. The average Bonchev–Trinajstić information content (AvgIpc) is 2.46. The number of fused-ring (bicyclic) bond motifs is 1. The van der Waals surface area contributed by atoms with Gasteiger partial charge in [0.15, 0.2) is 0 Å². The zero-order valence-corrected chi connectivity index (χ0v) is 11.9. The second kappa shape index (κ2) is 5.70. The van der Waals surface area contributed by atoms with E-state index in [9.17, 15) is 9.18 Å². The van der Waals surface area contributed by atoms with Crippen molar-refractivity contribution in [3.63, 3.8) is 0 Å². The normalized spacial score (nSPS) is 21.2. The molecule has 108 valence electrons. The number of aryl methyl sites for hydroxylation is 1. The molecular weight excluding hydrogens is 281 g/mol. The van der Waals surface area contributed by atoms with Gasteiger partial charge in [-0.25, -0.2) is 4.39 Å². The van der Waals surface area contributed by atoms with Gasteiger partial charge in [0.2, 0.25) is 5.91 Å². The van der Waals surface area contributed by atoms with Crippen LogP contribution in [0.5, 0.6) is 0 Å². The van der Waals surface area contributed by atoms with Gasteiger partial charge in [-0.2, -0.15) is 0 Å². The summed E-state index contributed by atoms with van der Waals surface area (Å²) >= 11 is 6.48. The lowest BCUT2D eigenvalue weighted by Gasteiger charge is -2.28. The number of nitrogens with one attached hydrogen (secondary N) is 1. The fourth-order valence-electron chi connectivity index (χ4n) is 2.90. The molecule has 1 aromatic carbocycles. The van der Waals surface area contributed by atoms with Gasteiger partial charge in [0.25, 0.3) is 0 Å². The number of halogens is 2. The van der Waals surface area contributed by atoms with Crippen LogP contribution in [0.15, 0.2) is 12.1 Å². The first kappa shape index (κ1) is 13.8. The summed E-state index contributed by atoms with van der Waals surface area (Å²) in [6, 6.07) is 3.22. The van der Waals surface area contributed by atoms with Crippen LogP contribution in [-0.2, 0) is 16.0 Å². The van der Waals surface area contributed by atoms with E-state index in [0.29, 0.717) is 37.3 Å². The van der Waals surface area contributed by atoms with E-state index < -0.39 is 0 Å². The van der Waals surface area contributed by atoms with Crippen LogP contribution in [0.1, 0.15) is 35.8 Å². The number of hydrogen-bond acceptors (Lipinski definition) is 2. The van der Waals surface area contributed by atoms with Crippen LogP contribution >= 0.6 is 11.6 Å². The molecule has 1 aromatic rings. The molecule has 20 heavy (non-hydrogen) atoms. The van der Waals surface area contributed by atoms with E-state index in [1.54, 1.807) is 0 Å². The molecule has 1 N–H and O–H groups in total. The van der Waals surface area contributed by atoms with Crippen LogP contribution in [0.3, 0.4) is 0 Å². The van der Waals surface area contributed by atoms with Gasteiger partial charge in [0.1, 0.15) is 5.82 Å². The number of carbonyl (C=O) groups excluding carboxylic acids is 1. The van der Waals surface area contributed by atoms with Gasteiger partial charge in [0, 0.05) is 30.9 Å². The Morgan fingerprint density at radius 3 is 2.80 bits per heavy atom. The third-order valence-corrected chi connectivity index (χ3v) is 4.69. The number of alkyl halides is 1. The van der Waals surface area contributed by atoms with Gasteiger partial charge in [-0.15, -0.1) is 11.6 Å². The van der Waals surface area contributed by atoms with Crippen molar-refractivity contribution in [1.29, 1.82) is 0 Å². The number of anilines is 1. The number of rotatable bonds is 2. The second-order valence-electron chi connectivity index (χ2n) is 5.43. The van der Waals surface area contributed by atoms with Crippen molar-refractivity contribution in [1.82, 2.24) is 0 Å². The largest absolute Gasteiger partial charge is 0.381 e. The molecule has 1 unspecified atom stereocenters. The molecule has 0 radical (unpaired) electrons. The van der Waals surface area contributed by atoms with Gasteiger partial charge in [-0.1, -0.05) is 0 Å². The van der Waals surface area contributed by atoms with E-state index >= 15 is 0 Å². The van der Waals surface area contributed by atoms with Gasteiger partial charge in [0.05, 0.1) is 5.38 Å². The molecular formula is C15H17ClFNO2. The molecule has 0 aromatic heterocycles. The Bertz CT molecular complexity index is 529. The first-order valence-electron chi connectivity index (χ1n) is 6.99. The molecule has 0 bridgehead atoms. The molecule has 1 atom stereocenters. The summed E-state index contributed by atoms with van der Waals surface area (Å²) in [6.07, 6.45) is 2.82. The summed E-state index contributed by atoms with van der Waals surface area (Å²) < 4.78 is 19.6. The smallest absolute Gasteiger partial charge is 0.224 e. The third kappa shape index (κ3) is 2.67. The molecule has 2 heterocycles. The summed E-state index contributed by atoms with van der Waals surface area (Å²) in [4.78, 5) is 11.3. The minimum Gasteiger partial charge on any atom is -0.381 e. The van der Waals surface area contributed by atoms with Crippen molar-refractivity contribution in [3.8, 4) is 0 Å². The number of amides is 1. The number of ether oxygens (including phenoxy) is 1. The molecule has 1 fully saturated rings. The highest BCUT2D eigenvalue weighted by Gasteiger charge is 2.27. The van der Waals surface area contributed by atoms with Crippen LogP contribution in [0.2, 0.25) is 0 Å². The highest BCUT2D eigenvalue weighted by Crippen LogP contribution is 2.39. The van der Waals surface area contributed by atoms with Crippen LogP contribution < -0.4 is 5.32 Å². The molecule has 2 aliphatic rings. The zero-order chi connectivity index (χ0) is 14.1. The van der Waals surface area contributed by atoms with Gasteiger partial charge in [-0.3, -0.25) is 4.79 Å². The topological polar surface area (TPSA) is 38.3 Å². The molecule has 2 aliphatic heterocycles. The van der Waals surface area contributed by atoms with E-state index in [1.807, 2.05) is 6.07 Å². The van der Waals surface area contributed by atoms with Crippen LogP contribution in [0.4, 0.5) is 10.1 Å². The lowest BCUT2D eigenvalue weighted by atomic mass is 9.89. The van der Waals surface area contributed by atoms with Crippen molar-refractivity contribution < 1.29 is 13.9 Å². The molecule has 1 saturated heterocycles. The third-order valence-electron chi connectivity index (χ3n) is 4.09. The Labute approximate surface area is 122 Å². The SMILES string of the molecule is O=C1CCc2cc(C(Cl)C3CCOCC3)c(F)cc2N1. The minimum absolute atomic E-state index is 0.0588. The minimum atomic E-state index is -0.336. The van der Waals surface area contributed by atoms with Gasteiger partial charge in [-0.05, 0) is 42.9 Å². The van der Waals surface area contributed by atoms with Crippen molar-refractivity contribution in [3.05, 3.63) is 29.1 Å². The molecule has 3 rings (SSSR count).